The normalized spacial score (nSPS) is 11.1. The van der Waals surface area contributed by atoms with Crippen LogP contribution in [0.2, 0.25) is 10.0 Å². The molecule has 0 aliphatic rings. The fourth-order valence-corrected chi connectivity index (χ4v) is 3.31. The van der Waals surface area contributed by atoms with Gasteiger partial charge in [0.15, 0.2) is 0 Å². The van der Waals surface area contributed by atoms with Crippen LogP contribution in [0.15, 0.2) is 47.4 Å². The molecule has 2 aromatic rings. The summed E-state index contributed by atoms with van der Waals surface area (Å²) in [6, 6.07) is 14.7. The molecule has 0 saturated heterocycles. The lowest BCUT2D eigenvalue weighted by Crippen LogP contribution is -2.21. The second-order valence-corrected chi connectivity index (χ2v) is 7.10. The number of rotatable bonds is 6. The summed E-state index contributed by atoms with van der Waals surface area (Å²) < 4.78 is 0. The van der Waals surface area contributed by atoms with Crippen LogP contribution in [0.3, 0.4) is 0 Å². The van der Waals surface area contributed by atoms with Gasteiger partial charge in [0, 0.05) is 33.3 Å². The van der Waals surface area contributed by atoms with Gasteiger partial charge in [-0.2, -0.15) is 0 Å². The topological polar surface area (TPSA) is 12.0 Å². The fourth-order valence-electron chi connectivity index (χ4n) is 1.88. The average Bonchev–Trinajstić information content (AvgIpc) is 2.46. The first-order valence-corrected chi connectivity index (χ1v) is 8.68. The van der Waals surface area contributed by atoms with Crippen molar-refractivity contribution in [3.63, 3.8) is 0 Å². The van der Waals surface area contributed by atoms with E-state index in [1.807, 2.05) is 18.2 Å². The van der Waals surface area contributed by atoms with E-state index in [9.17, 15) is 0 Å². The van der Waals surface area contributed by atoms with Crippen LogP contribution in [-0.4, -0.2) is 6.04 Å². The summed E-state index contributed by atoms with van der Waals surface area (Å²) in [5.74, 6) is 0.820. The first-order valence-electron chi connectivity index (χ1n) is 6.93. The van der Waals surface area contributed by atoms with Crippen LogP contribution >= 0.6 is 35.0 Å². The third kappa shape index (κ3) is 5.55. The van der Waals surface area contributed by atoms with E-state index in [1.54, 1.807) is 11.8 Å². The highest BCUT2D eigenvalue weighted by Crippen LogP contribution is 2.29. The number of halogens is 2. The van der Waals surface area contributed by atoms with Crippen molar-refractivity contribution < 1.29 is 0 Å². The van der Waals surface area contributed by atoms with Gasteiger partial charge in [0.25, 0.3) is 0 Å². The lowest BCUT2D eigenvalue weighted by Gasteiger charge is -2.10. The second-order valence-electron chi connectivity index (χ2n) is 5.21. The summed E-state index contributed by atoms with van der Waals surface area (Å²) in [6.07, 6.45) is 0. The molecule has 0 fully saturated rings. The van der Waals surface area contributed by atoms with Gasteiger partial charge >= 0.3 is 0 Å². The van der Waals surface area contributed by atoms with E-state index in [-0.39, 0.29) is 0 Å². The molecule has 4 heteroatoms. The third-order valence-electron chi connectivity index (χ3n) is 3.01. The van der Waals surface area contributed by atoms with Crippen molar-refractivity contribution in [2.45, 2.75) is 37.1 Å². The van der Waals surface area contributed by atoms with E-state index in [2.05, 4.69) is 43.4 Å². The van der Waals surface area contributed by atoms with Gasteiger partial charge in [-0.25, -0.2) is 0 Å². The molecule has 0 aliphatic heterocycles. The molecule has 0 unspecified atom stereocenters. The molecular weight excluding hydrogens is 321 g/mol. The summed E-state index contributed by atoms with van der Waals surface area (Å²) in [7, 11) is 0. The maximum Gasteiger partial charge on any atom is 0.0447 e. The number of hydrogen-bond donors (Lipinski definition) is 1. The summed E-state index contributed by atoms with van der Waals surface area (Å²) in [5, 5.41) is 4.93. The molecule has 112 valence electrons. The van der Waals surface area contributed by atoms with Crippen molar-refractivity contribution in [3.8, 4) is 0 Å². The second kappa shape index (κ2) is 8.09. The summed E-state index contributed by atoms with van der Waals surface area (Å²) in [5.41, 5.74) is 2.37. The van der Waals surface area contributed by atoms with E-state index in [1.165, 1.54) is 10.5 Å². The van der Waals surface area contributed by atoms with Gasteiger partial charge < -0.3 is 5.32 Å². The lowest BCUT2D eigenvalue weighted by molar-refractivity contribution is 0.588. The number of thioether (sulfide) groups is 1. The van der Waals surface area contributed by atoms with Crippen LogP contribution in [0.5, 0.6) is 0 Å². The monoisotopic (exact) mass is 339 g/mol. The highest BCUT2D eigenvalue weighted by atomic mass is 35.5. The molecular formula is C17H19Cl2NS. The molecule has 0 spiro atoms. The molecule has 2 rings (SSSR count). The SMILES string of the molecule is CC(C)NCc1cccc(SCc2cc(Cl)ccc2Cl)c1. The maximum absolute atomic E-state index is 6.20. The Morgan fingerprint density at radius 2 is 1.90 bits per heavy atom. The highest BCUT2D eigenvalue weighted by molar-refractivity contribution is 7.98. The minimum atomic E-state index is 0.492. The van der Waals surface area contributed by atoms with Crippen LogP contribution in [0, 0.1) is 0 Å². The molecule has 0 aliphatic carbocycles. The van der Waals surface area contributed by atoms with Crippen LogP contribution < -0.4 is 5.32 Å². The van der Waals surface area contributed by atoms with Crippen molar-refractivity contribution in [3.05, 3.63) is 63.6 Å². The minimum absolute atomic E-state index is 0.492. The van der Waals surface area contributed by atoms with Gasteiger partial charge in [-0.05, 0) is 41.5 Å². The lowest BCUT2D eigenvalue weighted by atomic mass is 10.2. The number of benzene rings is 2. The molecule has 1 nitrogen and oxygen atoms in total. The van der Waals surface area contributed by atoms with Gasteiger partial charge in [0.05, 0.1) is 0 Å². The van der Waals surface area contributed by atoms with Crippen LogP contribution in [0.1, 0.15) is 25.0 Å². The van der Waals surface area contributed by atoms with Crippen molar-refractivity contribution in [1.29, 1.82) is 0 Å². The molecule has 0 atom stereocenters. The van der Waals surface area contributed by atoms with E-state index < -0.39 is 0 Å². The molecule has 1 N–H and O–H groups in total. The van der Waals surface area contributed by atoms with E-state index in [4.69, 9.17) is 23.2 Å². The predicted molar refractivity (Wildman–Crippen MR) is 94.4 cm³/mol. The molecule has 0 heterocycles. The van der Waals surface area contributed by atoms with Crippen LogP contribution in [-0.2, 0) is 12.3 Å². The Kier molecular flexibility index (Phi) is 6.43. The van der Waals surface area contributed by atoms with Crippen LogP contribution in [0.4, 0.5) is 0 Å². The average molecular weight is 340 g/mol. The van der Waals surface area contributed by atoms with Crippen molar-refractivity contribution in [1.82, 2.24) is 5.32 Å². The van der Waals surface area contributed by atoms with Gasteiger partial charge in [0.2, 0.25) is 0 Å². The quantitative estimate of drug-likeness (QED) is 0.669. The van der Waals surface area contributed by atoms with Crippen LogP contribution in [0.25, 0.3) is 0 Å². The zero-order valence-electron chi connectivity index (χ0n) is 12.2. The smallest absolute Gasteiger partial charge is 0.0447 e. The fraction of sp³-hybridized carbons (Fsp3) is 0.294. The Morgan fingerprint density at radius 3 is 2.67 bits per heavy atom. The molecule has 0 radical (unpaired) electrons. The van der Waals surface area contributed by atoms with Gasteiger partial charge in [-0.3, -0.25) is 0 Å². The van der Waals surface area contributed by atoms with E-state index >= 15 is 0 Å². The van der Waals surface area contributed by atoms with Gasteiger partial charge in [0.1, 0.15) is 0 Å². The molecule has 0 saturated carbocycles. The minimum Gasteiger partial charge on any atom is -0.310 e. The summed E-state index contributed by atoms with van der Waals surface area (Å²) in [6.45, 7) is 5.20. The van der Waals surface area contributed by atoms with Crippen molar-refractivity contribution in [2.24, 2.45) is 0 Å². The Hall–Kier alpha value is -0.670. The Labute approximate surface area is 141 Å². The summed E-state index contributed by atoms with van der Waals surface area (Å²) in [4.78, 5) is 1.24. The molecule has 0 aromatic heterocycles. The first-order chi connectivity index (χ1) is 10.0. The van der Waals surface area contributed by atoms with Gasteiger partial charge in [-0.15, -0.1) is 11.8 Å². The number of hydrogen-bond acceptors (Lipinski definition) is 2. The van der Waals surface area contributed by atoms with Gasteiger partial charge in [-0.1, -0.05) is 49.2 Å². The molecule has 2 aromatic carbocycles. The van der Waals surface area contributed by atoms with E-state index in [0.717, 1.165) is 27.9 Å². The molecule has 0 amide bonds. The van der Waals surface area contributed by atoms with Crippen molar-refractivity contribution in [2.75, 3.05) is 0 Å². The zero-order chi connectivity index (χ0) is 15.2. The largest absolute Gasteiger partial charge is 0.310 e. The Balaban J connectivity index is 1.99. The Bertz CT molecular complexity index is 599. The molecule has 21 heavy (non-hydrogen) atoms. The molecule has 0 bridgehead atoms. The zero-order valence-corrected chi connectivity index (χ0v) is 14.5. The first kappa shape index (κ1) is 16.7. The maximum atomic E-state index is 6.20. The Morgan fingerprint density at radius 1 is 1.10 bits per heavy atom. The number of nitrogens with one attached hydrogen (secondary N) is 1. The van der Waals surface area contributed by atoms with E-state index in [0.29, 0.717) is 6.04 Å². The standard InChI is InChI=1S/C17H19Cl2NS/c1-12(2)20-10-13-4-3-5-16(8-13)21-11-14-9-15(18)6-7-17(14)19/h3-9,12,20H,10-11H2,1-2H3. The summed E-state index contributed by atoms with van der Waals surface area (Å²) >= 11 is 14.0. The highest BCUT2D eigenvalue weighted by Gasteiger charge is 2.04. The predicted octanol–water partition coefficient (Wildman–Crippen LogP) is 5.78. The van der Waals surface area contributed by atoms with Crippen molar-refractivity contribution >= 4 is 35.0 Å². The third-order valence-corrected chi connectivity index (χ3v) is 4.66.